The first-order chi connectivity index (χ1) is 11.2. The number of carbonyl (C=O) groups is 1. The third-order valence-corrected chi connectivity index (χ3v) is 4.54. The van der Waals surface area contributed by atoms with Crippen molar-refractivity contribution < 1.29 is 9.53 Å². The molecule has 0 aliphatic carbocycles. The SMILES string of the molecule is COCC1(C(=O)NC(C)c2nnc3ccccn23)CCNCC1.Cl.Cl. The second-order valence-electron chi connectivity index (χ2n) is 6.15. The van der Waals surface area contributed by atoms with E-state index < -0.39 is 5.41 Å². The Hall–Kier alpha value is -1.41. The zero-order valence-electron chi connectivity index (χ0n) is 14.4. The molecule has 0 radical (unpaired) electrons. The van der Waals surface area contributed by atoms with Gasteiger partial charge in [-0.05, 0) is 45.0 Å². The van der Waals surface area contributed by atoms with Crippen molar-refractivity contribution in [3.63, 3.8) is 0 Å². The maximum Gasteiger partial charge on any atom is 0.229 e. The van der Waals surface area contributed by atoms with Gasteiger partial charge in [-0.3, -0.25) is 9.20 Å². The van der Waals surface area contributed by atoms with Crippen LogP contribution in [0.2, 0.25) is 0 Å². The van der Waals surface area contributed by atoms with Gasteiger partial charge < -0.3 is 15.4 Å². The Morgan fingerprint density at radius 1 is 1.36 bits per heavy atom. The molecule has 1 aliphatic heterocycles. The third kappa shape index (κ3) is 4.41. The molecule has 9 heteroatoms. The number of piperidine rings is 1. The fourth-order valence-corrected chi connectivity index (χ4v) is 3.19. The van der Waals surface area contributed by atoms with E-state index in [4.69, 9.17) is 4.74 Å². The number of carbonyl (C=O) groups excluding carboxylic acids is 1. The fraction of sp³-hybridized carbons (Fsp3) is 0.562. The van der Waals surface area contributed by atoms with Gasteiger partial charge in [-0.1, -0.05) is 6.07 Å². The minimum Gasteiger partial charge on any atom is -0.384 e. The Labute approximate surface area is 159 Å². The minimum absolute atomic E-state index is 0. The molecule has 25 heavy (non-hydrogen) atoms. The molecular weight excluding hydrogens is 365 g/mol. The smallest absolute Gasteiger partial charge is 0.229 e. The van der Waals surface area contributed by atoms with Crippen LogP contribution in [0.3, 0.4) is 0 Å². The predicted octanol–water partition coefficient (Wildman–Crippen LogP) is 1.77. The van der Waals surface area contributed by atoms with E-state index in [2.05, 4.69) is 20.8 Å². The molecule has 0 aromatic carbocycles. The summed E-state index contributed by atoms with van der Waals surface area (Å²) < 4.78 is 7.23. The van der Waals surface area contributed by atoms with Gasteiger partial charge in [0.1, 0.15) is 0 Å². The van der Waals surface area contributed by atoms with Gasteiger partial charge in [-0.15, -0.1) is 35.0 Å². The van der Waals surface area contributed by atoms with Gasteiger partial charge in [0.15, 0.2) is 11.5 Å². The van der Waals surface area contributed by atoms with E-state index >= 15 is 0 Å². The fourth-order valence-electron chi connectivity index (χ4n) is 3.19. The van der Waals surface area contributed by atoms with Crippen LogP contribution in [-0.4, -0.2) is 47.3 Å². The lowest BCUT2D eigenvalue weighted by molar-refractivity contribution is -0.137. The Morgan fingerprint density at radius 3 is 2.76 bits per heavy atom. The summed E-state index contributed by atoms with van der Waals surface area (Å²) in [5.41, 5.74) is 0.312. The second-order valence-corrected chi connectivity index (χ2v) is 6.15. The van der Waals surface area contributed by atoms with Gasteiger partial charge in [0.05, 0.1) is 18.1 Å². The van der Waals surface area contributed by atoms with Gasteiger partial charge in [-0.2, -0.15) is 0 Å². The van der Waals surface area contributed by atoms with Crippen LogP contribution in [-0.2, 0) is 9.53 Å². The molecule has 0 spiro atoms. The van der Waals surface area contributed by atoms with Gasteiger partial charge in [0, 0.05) is 13.3 Å². The van der Waals surface area contributed by atoms with E-state index in [0.29, 0.717) is 6.61 Å². The zero-order chi connectivity index (χ0) is 16.3. The van der Waals surface area contributed by atoms with Crippen LogP contribution >= 0.6 is 24.8 Å². The first-order valence-electron chi connectivity index (χ1n) is 7.96. The Balaban J connectivity index is 0.00000156. The quantitative estimate of drug-likeness (QED) is 0.814. The zero-order valence-corrected chi connectivity index (χ0v) is 16.0. The van der Waals surface area contributed by atoms with Crippen LogP contribution < -0.4 is 10.6 Å². The molecule has 3 rings (SSSR count). The van der Waals surface area contributed by atoms with Gasteiger partial charge in [-0.25, -0.2) is 0 Å². The first kappa shape index (κ1) is 21.6. The number of pyridine rings is 1. The lowest BCUT2D eigenvalue weighted by Gasteiger charge is -2.36. The topological polar surface area (TPSA) is 80.5 Å². The number of halogens is 2. The van der Waals surface area contributed by atoms with E-state index in [1.807, 2.05) is 35.7 Å². The molecule has 1 fully saturated rings. The molecule has 1 saturated heterocycles. The number of nitrogens with zero attached hydrogens (tertiary/aromatic N) is 3. The summed E-state index contributed by atoms with van der Waals surface area (Å²) in [5.74, 6) is 0.761. The third-order valence-electron chi connectivity index (χ3n) is 4.54. The molecule has 2 aromatic rings. The molecule has 3 heterocycles. The average molecular weight is 390 g/mol. The Kier molecular flexibility index (Phi) is 8.08. The summed E-state index contributed by atoms with van der Waals surface area (Å²) in [6, 6.07) is 5.51. The summed E-state index contributed by atoms with van der Waals surface area (Å²) >= 11 is 0. The maximum atomic E-state index is 12.9. The number of amides is 1. The lowest BCUT2D eigenvalue weighted by Crippen LogP contribution is -2.50. The molecule has 1 unspecified atom stereocenters. The average Bonchev–Trinajstić information content (AvgIpc) is 3.00. The number of hydrogen-bond acceptors (Lipinski definition) is 5. The highest BCUT2D eigenvalue weighted by Crippen LogP contribution is 2.30. The van der Waals surface area contributed by atoms with Gasteiger partial charge in [0.25, 0.3) is 0 Å². The number of methoxy groups -OCH3 is 1. The molecule has 0 bridgehead atoms. The van der Waals surface area contributed by atoms with Crippen LogP contribution in [0.15, 0.2) is 24.4 Å². The van der Waals surface area contributed by atoms with Crippen LogP contribution in [0.4, 0.5) is 0 Å². The molecule has 1 amide bonds. The van der Waals surface area contributed by atoms with Crippen molar-refractivity contribution in [2.24, 2.45) is 5.41 Å². The van der Waals surface area contributed by atoms with E-state index in [0.717, 1.165) is 37.4 Å². The summed E-state index contributed by atoms with van der Waals surface area (Å²) in [4.78, 5) is 12.9. The summed E-state index contributed by atoms with van der Waals surface area (Å²) in [6.45, 7) is 4.04. The number of hydrogen-bond donors (Lipinski definition) is 2. The largest absolute Gasteiger partial charge is 0.384 e. The van der Waals surface area contributed by atoms with E-state index in [-0.39, 0.29) is 36.8 Å². The van der Waals surface area contributed by atoms with E-state index in [9.17, 15) is 4.79 Å². The molecule has 140 valence electrons. The number of ether oxygens (including phenoxy) is 1. The molecule has 7 nitrogen and oxygen atoms in total. The summed E-state index contributed by atoms with van der Waals surface area (Å²) in [5, 5.41) is 14.8. The number of aromatic nitrogens is 3. The Bertz CT molecular complexity index is 682. The molecule has 0 saturated carbocycles. The molecule has 2 N–H and O–H groups in total. The van der Waals surface area contributed by atoms with Crippen LogP contribution in [0, 0.1) is 5.41 Å². The maximum absolute atomic E-state index is 12.9. The van der Waals surface area contributed by atoms with Crippen molar-refractivity contribution in [3.05, 3.63) is 30.2 Å². The van der Waals surface area contributed by atoms with E-state index in [1.165, 1.54) is 0 Å². The van der Waals surface area contributed by atoms with Crippen molar-refractivity contribution in [3.8, 4) is 0 Å². The molecular formula is C16H25Cl2N5O2. The molecule has 2 aromatic heterocycles. The van der Waals surface area contributed by atoms with E-state index in [1.54, 1.807) is 7.11 Å². The standard InChI is InChI=1S/C16H23N5O2.2ClH/c1-12(14-20-19-13-5-3-4-10-21(13)14)18-15(22)16(11-23-2)6-8-17-9-7-16;;/h3-5,10,12,17H,6-9,11H2,1-2H3,(H,18,22);2*1H. The number of rotatable bonds is 5. The number of nitrogens with one attached hydrogen (secondary N) is 2. The van der Waals surface area contributed by atoms with Gasteiger partial charge >= 0.3 is 0 Å². The van der Waals surface area contributed by atoms with Gasteiger partial charge in [0.2, 0.25) is 5.91 Å². The summed E-state index contributed by atoms with van der Waals surface area (Å²) in [7, 11) is 1.65. The monoisotopic (exact) mass is 389 g/mol. The van der Waals surface area contributed by atoms with Crippen LogP contribution in [0.1, 0.15) is 31.6 Å². The lowest BCUT2D eigenvalue weighted by atomic mass is 9.78. The van der Waals surface area contributed by atoms with Crippen LogP contribution in [0.25, 0.3) is 5.65 Å². The minimum atomic E-state index is -0.464. The normalized spacial score (nSPS) is 17.2. The predicted molar refractivity (Wildman–Crippen MR) is 100 cm³/mol. The number of fused-ring (bicyclic) bond motifs is 1. The highest BCUT2D eigenvalue weighted by molar-refractivity contribution is 5.85. The van der Waals surface area contributed by atoms with Crippen molar-refractivity contribution in [1.29, 1.82) is 0 Å². The molecule has 1 atom stereocenters. The highest BCUT2D eigenvalue weighted by Gasteiger charge is 2.40. The molecule has 1 aliphatic rings. The van der Waals surface area contributed by atoms with Crippen LogP contribution in [0.5, 0.6) is 0 Å². The van der Waals surface area contributed by atoms with Crippen molar-refractivity contribution in [2.45, 2.75) is 25.8 Å². The Morgan fingerprint density at radius 2 is 2.08 bits per heavy atom. The first-order valence-corrected chi connectivity index (χ1v) is 7.96. The van der Waals surface area contributed by atoms with Crippen molar-refractivity contribution in [1.82, 2.24) is 25.2 Å². The van der Waals surface area contributed by atoms with Crippen molar-refractivity contribution in [2.75, 3.05) is 26.8 Å². The second kappa shape index (κ2) is 9.33. The van der Waals surface area contributed by atoms with Crippen molar-refractivity contribution >= 4 is 36.4 Å². The highest BCUT2D eigenvalue weighted by atomic mass is 35.5. The summed E-state index contributed by atoms with van der Waals surface area (Å²) in [6.07, 6.45) is 3.46.